The second-order valence-corrected chi connectivity index (χ2v) is 12.7. The lowest BCUT2D eigenvalue weighted by molar-refractivity contribution is -0.121. The van der Waals surface area contributed by atoms with Crippen LogP contribution in [0, 0.1) is 5.92 Å². The van der Waals surface area contributed by atoms with Crippen molar-refractivity contribution in [3.8, 4) is 0 Å². The zero-order chi connectivity index (χ0) is 18.8. The number of hydrogen-bond acceptors (Lipinski definition) is 3. The lowest BCUT2D eigenvalue weighted by Gasteiger charge is -2.41. The molecule has 24 heavy (non-hydrogen) atoms. The molecule has 1 aliphatic rings. The van der Waals surface area contributed by atoms with Crippen molar-refractivity contribution < 1.29 is 30.0 Å². The number of ketones is 1. The molecule has 0 atom stereocenters. The highest BCUT2D eigenvalue weighted by Gasteiger charge is 2.58. The second-order valence-electron chi connectivity index (χ2n) is 6.85. The molecule has 4 nitrogen and oxygen atoms in total. The van der Waals surface area contributed by atoms with E-state index in [1.165, 1.54) is 0 Å². The van der Waals surface area contributed by atoms with Gasteiger partial charge in [-0.25, -0.2) is 0 Å². The molecule has 0 radical (unpaired) electrons. The number of carbonyl (C=O) groups excluding carboxylic acids is 1. The van der Waals surface area contributed by atoms with Crippen LogP contribution < -0.4 is 0 Å². The van der Waals surface area contributed by atoms with E-state index < -0.39 is 36.4 Å². The molecule has 144 valence electrons. The predicted molar refractivity (Wildman–Crippen MR) is 91.9 cm³/mol. The van der Waals surface area contributed by atoms with Crippen molar-refractivity contribution in [3.05, 3.63) is 0 Å². The summed E-state index contributed by atoms with van der Waals surface area (Å²) in [5.41, 5.74) is -5.43. The van der Waals surface area contributed by atoms with Gasteiger partial charge in [0.1, 0.15) is 0 Å². The molecular weight excluding hydrogens is 365 g/mol. The van der Waals surface area contributed by atoms with Crippen molar-refractivity contribution in [3.63, 3.8) is 0 Å². The Hall–Kier alpha value is -0.280. The fraction of sp³-hybridized carbons (Fsp3) is 0.933. The van der Waals surface area contributed by atoms with Crippen LogP contribution in [0.4, 0.5) is 13.2 Å². The van der Waals surface area contributed by atoms with Gasteiger partial charge in [0.05, 0.1) is 5.75 Å². The summed E-state index contributed by atoms with van der Waals surface area (Å²) < 4.78 is 65.1. The maximum absolute atomic E-state index is 12.8. The summed E-state index contributed by atoms with van der Waals surface area (Å²) in [6.45, 7) is 6.61. The van der Waals surface area contributed by atoms with Gasteiger partial charge in [-0.3, -0.25) is 8.42 Å². The molecule has 0 amide bonds. The summed E-state index contributed by atoms with van der Waals surface area (Å²) in [5, 5.41) is -0.857. The molecule has 1 N–H and O–H groups in total. The van der Waals surface area contributed by atoms with Gasteiger partial charge in [-0.05, 0) is 50.8 Å². The molecule has 0 aliphatic heterocycles. The zero-order valence-corrected chi connectivity index (χ0v) is 16.2. The van der Waals surface area contributed by atoms with E-state index in [4.69, 9.17) is 0 Å². The average Bonchev–Trinajstić information content (AvgIpc) is 2.45. The molecule has 0 heterocycles. The molecule has 1 fully saturated rings. The molecule has 0 unspecified atom stereocenters. The third-order valence-electron chi connectivity index (χ3n) is 4.60. The van der Waals surface area contributed by atoms with Crippen molar-refractivity contribution in [2.75, 3.05) is 5.75 Å². The normalized spacial score (nSPS) is 19.0. The van der Waals surface area contributed by atoms with Crippen LogP contribution in [-0.2, 0) is 14.9 Å². The van der Waals surface area contributed by atoms with Gasteiger partial charge in [0.25, 0.3) is 0 Å². The van der Waals surface area contributed by atoms with Crippen LogP contribution >= 0.6 is 10.3 Å². The molecule has 1 aliphatic carbocycles. The third-order valence-corrected chi connectivity index (χ3v) is 11.1. The number of hydrogen-bond donors (Lipinski definition) is 0. The number of halogens is 3. The zero-order valence-electron chi connectivity index (χ0n) is 14.6. The monoisotopic (exact) mass is 393 g/mol. The molecule has 0 spiro atoms. The number of alkyl halides is 3. The topological polar surface area (TPSA) is 64.0 Å². The van der Waals surface area contributed by atoms with Gasteiger partial charge in [0.2, 0.25) is 0 Å². The summed E-state index contributed by atoms with van der Waals surface area (Å²) in [5.74, 6) is -0.484. The van der Waals surface area contributed by atoms with E-state index in [0.29, 0.717) is 0 Å². The Morgan fingerprint density at radius 1 is 1.04 bits per heavy atom. The molecular formula is C15H28F3O4S2+. The van der Waals surface area contributed by atoms with E-state index in [9.17, 15) is 26.4 Å². The van der Waals surface area contributed by atoms with Crippen molar-refractivity contribution >= 4 is 26.2 Å². The van der Waals surface area contributed by atoms with Gasteiger partial charge in [0.15, 0.2) is 5.78 Å². The van der Waals surface area contributed by atoms with Crippen molar-refractivity contribution in [2.24, 2.45) is 5.92 Å². The number of carbonyl (C=O) groups is 1. The van der Waals surface area contributed by atoms with Crippen LogP contribution in [0.5, 0.6) is 0 Å². The Labute approximate surface area is 144 Å². The molecule has 0 saturated heterocycles. The minimum atomic E-state index is -5.61. The Bertz CT molecular complexity index is 527. The Balaban J connectivity index is 3.13. The lowest BCUT2D eigenvalue weighted by Crippen LogP contribution is -2.40. The molecule has 0 aromatic carbocycles. The molecule has 0 aromatic rings. The van der Waals surface area contributed by atoms with Gasteiger partial charge in [0, 0.05) is 16.4 Å². The van der Waals surface area contributed by atoms with E-state index in [2.05, 4.69) is 3.63 Å². The van der Waals surface area contributed by atoms with Gasteiger partial charge in [-0.2, -0.15) is 13.2 Å². The Morgan fingerprint density at radius 3 is 1.88 bits per heavy atom. The third kappa shape index (κ3) is 4.88. The van der Waals surface area contributed by atoms with Crippen molar-refractivity contribution in [1.82, 2.24) is 0 Å². The summed E-state index contributed by atoms with van der Waals surface area (Å²) in [4.78, 5) is 12.6. The van der Waals surface area contributed by atoms with E-state index in [0.717, 1.165) is 32.1 Å². The first-order valence-electron chi connectivity index (χ1n) is 8.20. The quantitative estimate of drug-likeness (QED) is 0.360. The Morgan fingerprint density at radius 2 is 1.50 bits per heavy atom. The lowest BCUT2D eigenvalue weighted by atomic mass is 9.87. The van der Waals surface area contributed by atoms with Crippen molar-refractivity contribution in [2.45, 2.75) is 75.8 Å². The molecule has 0 aromatic heterocycles. The van der Waals surface area contributed by atoms with Gasteiger partial charge in [-0.15, -0.1) is 8.42 Å². The molecule has 1 saturated carbocycles. The van der Waals surface area contributed by atoms with Crippen LogP contribution in [0.15, 0.2) is 0 Å². The van der Waals surface area contributed by atoms with Gasteiger partial charge < -0.3 is 0 Å². The highest BCUT2D eigenvalue weighted by molar-refractivity contribution is 8.33. The first-order valence-corrected chi connectivity index (χ1v) is 11.5. The largest absolute Gasteiger partial charge is 0.572 e. The molecule has 9 heteroatoms. The SMILES string of the molecule is CC(C)S(CC(=O)C1CCCCC1)([OH+]S(=O)(=O)C(F)(F)F)C(C)C. The molecule has 1 rings (SSSR count). The number of rotatable bonds is 7. The van der Waals surface area contributed by atoms with E-state index in [1.807, 2.05) is 0 Å². The predicted octanol–water partition coefficient (Wildman–Crippen LogP) is 4.62. The van der Waals surface area contributed by atoms with Crippen LogP contribution in [0.2, 0.25) is 0 Å². The van der Waals surface area contributed by atoms with E-state index in [1.54, 1.807) is 27.7 Å². The van der Waals surface area contributed by atoms with Crippen LogP contribution in [0.25, 0.3) is 0 Å². The van der Waals surface area contributed by atoms with Crippen LogP contribution in [-0.4, -0.2) is 39.6 Å². The highest BCUT2D eigenvalue weighted by atomic mass is 32.3. The first kappa shape index (κ1) is 21.8. The van der Waals surface area contributed by atoms with E-state index in [-0.39, 0.29) is 17.5 Å². The van der Waals surface area contributed by atoms with Crippen LogP contribution in [0.1, 0.15) is 59.8 Å². The molecule has 0 bridgehead atoms. The standard InChI is InChI=1S/C15H27F3O4S2/c1-11(2)23(12(3)4,22-24(20,21)15(16,17)18)10-14(19)13-8-6-5-7-9-13/h11-13H,5-10H2,1-4H3/p+1. The summed E-state index contributed by atoms with van der Waals surface area (Å²) in [6, 6.07) is 0. The van der Waals surface area contributed by atoms with Gasteiger partial charge >= 0.3 is 15.6 Å². The van der Waals surface area contributed by atoms with Gasteiger partial charge in [-0.1, -0.05) is 19.3 Å². The second kappa shape index (κ2) is 7.95. The maximum atomic E-state index is 12.8. The van der Waals surface area contributed by atoms with Crippen LogP contribution in [0.3, 0.4) is 0 Å². The Kier molecular flexibility index (Phi) is 7.21. The smallest absolute Gasteiger partial charge is 0.298 e. The fourth-order valence-corrected chi connectivity index (χ4v) is 8.91. The average molecular weight is 394 g/mol. The minimum absolute atomic E-state index is 0.131. The fourth-order valence-electron chi connectivity index (χ4n) is 3.07. The van der Waals surface area contributed by atoms with Crippen molar-refractivity contribution in [1.29, 1.82) is 0 Å². The number of Topliss-reactive ketones (excluding diaryl/α,β-unsaturated/α-hetero) is 1. The summed E-state index contributed by atoms with van der Waals surface area (Å²) in [6.07, 6.45) is 4.39. The summed E-state index contributed by atoms with van der Waals surface area (Å²) in [7, 11) is -8.26. The maximum Gasteiger partial charge on any atom is 0.572 e. The summed E-state index contributed by atoms with van der Waals surface area (Å²) >= 11 is 0. The minimum Gasteiger partial charge on any atom is -0.298 e. The highest BCUT2D eigenvalue weighted by Crippen LogP contribution is 2.58. The first-order chi connectivity index (χ1) is 10.8. The van der Waals surface area contributed by atoms with E-state index >= 15 is 0 Å².